The van der Waals surface area contributed by atoms with E-state index in [9.17, 15) is 8.42 Å². The maximum absolute atomic E-state index is 12.7. The van der Waals surface area contributed by atoms with Crippen LogP contribution in [0.1, 0.15) is 10.4 Å². The molecular weight excluding hydrogens is 308 g/mol. The normalized spacial score (nSPS) is 11.8. The molecule has 2 aromatic rings. The van der Waals surface area contributed by atoms with Crippen molar-refractivity contribution in [1.29, 1.82) is 0 Å². The smallest absolute Gasteiger partial charge is 0.246 e. The van der Waals surface area contributed by atoms with Gasteiger partial charge in [0.05, 0.1) is 7.11 Å². The van der Waals surface area contributed by atoms with Crippen LogP contribution in [0.4, 0.5) is 5.69 Å². The van der Waals surface area contributed by atoms with Crippen molar-refractivity contribution < 1.29 is 13.2 Å². The molecule has 0 unspecified atom stereocenters. The van der Waals surface area contributed by atoms with Gasteiger partial charge in [-0.2, -0.15) is 4.31 Å². The predicted octanol–water partition coefficient (Wildman–Crippen LogP) is 2.47. The lowest BCUT2D eigenvalue weighted by molar-refractivity contribution is 0.398. The molecule has 0 bridgehead atoms. The fraction of sp³-hybridized carbons (Fsp3) is 0.286. The third-order valence-corrected chi connectivity index (χ3v) is 6.06. The average molecular weight is 326 g/mol. The first-order valence-electron chi connectivity index (χ1n) is 6.29. The first kappa shape index (κ1) is 15.8. The number of hydrogen-bond acceptors (Lipinski definition) is 5. The number of nitrogen functional groups attached to an aromatic ring is 1. The molecule has 0 aliphatic carbocycles. The quantitative estimate of drug-likeness (QED) is 0.857. The van der Waals surface area contributed by atoms with Crippen LogP contribution in [-0.2, 0) is 16.6 Å². The minimum absolute atomic E-state index is 0.121. The van der Waals surface area contributed by atoms with Crippen molar-refractivity contribution in [2.45, 2.75) is 18.4 Å². The second kappa shape index (κ2) is 6.05. The summed E-state index contributed by atoms with van der Waals surface area (Å²) in [5, 5.41) is 1.95. The SMILES string of the molecule is COc1cc(N)ccc1S(=O)(=O)N(C)Cc1sccc1C. The number of ether oxygens (including phenoxy) is 1. The van der Waals surface area contributed by atoms with Gasteiger partial charge in [0.1, 0.15) is 10.6 Å². The Balaban J connectivity index is 2.35. The number of methoxy groups -OCH3 is 1. The number of nitrogens with zero attached hydrogens (tertiary/aromatic N) is 1. The van der Waals surface area contributed by atoms with E-state index in [-0.39, 0.29) is 10.6 Å². The maximum Gasteiger partial charge on any atom is 0.246 e. The summed E-state index contributed by atoms with van der Waals surface area (Å²) in [7, 11) is -0.644. The number of nitrogens with two attached hydrogens (primary N) is 1. The van der Waals surface area contributed by atoms with Gasteiger partial charge in [0.25, 0.3) is 0 Å². The van der Waals surface area contributed by atoms with Gasteiger partial charge in [0.15, 0.2) is 0 Å². The number of hydrogen-bond donors (Lipinski definition) is 1. The van der Waals surface area contributed by atoms with E-state index in [4.69, 9.17) is 10.5 Å². The molecule has 5 nitrogen and oxygen atoms in total. The molecule has 21 heavy (non-hydrogen) atoms. The van der Waals surface area contributed by atoms with Crippen LogP contribution >= 0.6 is 11.3 Å². The summed E-state index contributed by atoms with van der Waals surface area (Å²) in [5.74, 6) is 0.254. The molecule has 0 aliphatic rings. The van der Waals surface area contributed by atoms with E-state index in [1.165, 1.54) is 23.5 Å². The van der Waals surface area contributed by atoms with Crippen molar-refractivity contribution in [3.8, 4) is 5.75 Å². The molecule has 2 rings (SSSR count). The summed E-state index contributed by atoms with van der Waals surface area (Å²) in [6, 6.07) is 6.52. The van der Waals surface area contributed by atoms with Crippen molar-refractivity contribution in [3.05, 3.63) is 40.1 Å². The summed E-state index contributed by atoms with van der Waals surface area (Å²) >= 11 is 1.54. The molecule has 0 saturated heterocycles. The van der Waals surface area contributed by atoms with E-state index in [0.717, 1.165) is 10.4 Å². The molecular formula is C14H18N2O3S2. The number of rotatable bonds is 5. The molecule has 0 radical (unpaired) electrons. The fourth-order valence-corrected chi connectivity index (χ4v) is 4.23. The summed E-state index contributed by atoms with van der Waals surface area (Å²) < 4.78 is 31.8. The minimum Gasteiger partial charge on any atom is -0.495 e. The Bertz CT molecular complexity index is 738. The highest BCUT2D eigenvalue weighted by Crippen LogP contribution is 2.29. The monoisotopic (exact) mass is 326 g/mol. The van der Waals surface area contributed by atoms with Gasteiger partial charge in [0, 0.05) is 30.2 Å². The van der Waals surface area contributed by atoms with E-state index >= 15 is 0 Å². The fourth-order valence-electron chi connectivity index (χ4n) is 1.92. The van der Waals surface area contributed by atoms with Crippen LogP contribution in [0, 0.1) is 6.92 Å². The molecule has 0 aliphatic heterocycles. The van der Waals surface area contributed by atoms with Crippen LogP contribution in [0.2, 0.25) is 0 Å². The Kier molecular flexibility index (Phi) is 4.55. The second-order valence-electron chi connectivity index (χ2n) is 4.70. The molecule has 7 heteroatoms. The number of thiophene rings is 1. The van der Waals surface area contributed by atoms with Crippen molar-refractivity contribution in [3.63, 3.8) is 0 Å². The van der Waals surface area contributed by atoms with Gasteiger partial charge in [-0.05, 0) is 36.1 Å². The standard InChI is InChI=1S/C14H18N2O3S2/c1-10-6-7-20-13(10)9-16(2)21(17,18)14-5-4-11(15)8-12(14)19-3/h4-8H,9,15H2,1-3H3. The molecule has 1 aromatic carbocycles. The number of aryl methyl sites for hydroxylation is 1. The van der Waals surface area contributed by atoms with Gasteiger partial charge < -0.3 is 10.5 Å². The van der Waals surface area contributed by atoms with Gasteiger partial charge in [-0.15, -0.1) is 11.3 Å². The predicted molar refractivity (Wildman–Crippen MR) is 85.1 cm³/mol. The second-order valence-corrected chi connectivity index (χ2v) is 7.71. The molecule has 114 valence electrons. The van der Waals surface area contributed by atoms with Crippen molar-refractivity contribution in [1.82, 2.24) is 4.31 Å². The first-order valence-corrected chi connectivity index (χ1v) is 8.61. The zero-order valence-corrected chi connectivity index (χ0v) is 13.8. The van der Waals surface area contributed by atoms with E-state index in [1.54, 1.807) is 24.5 Å². The van der Waals surface area contributed by atoms with Crippen LogP contribution in [0.25, 0.3) is 0 Å². The van der Waals surface area contributed by atoms with Crippen LogP contribution in [0.3, 0.4) is 0 Å². The van der Waals surface area contributed by atoms with E-state index in [2.05, 4.69) is 0 Å². The average Bonchev–Trinajstić information content (AvgIpc) is 2.83. The Labute approximate surface area is 129 Å². The number of sulfonamides is 1. The Morgan fingerprint density at radius 1 is 1.33 bits per heavy atom. The van der Waals surface area contributed by atoms with Gasteiger partial charge >= 0.3 is 0 Å². The molecule has 0 saturated carbocycles. The lowest BCUT2D eigenvalue weighted by Crippen LogP contribution is -2.26. The van der Waals surface area contributed by atoms with Crippen molar-refractivity contribution in [2.75, 3.05) is 19.9 Å². The highest BCUT2D eigenvalue weighted by Gasteiger charge is 2.25. The first-order chi connectivity index (χ1) is 9.86. The molecule has 0 spiro atoms. The van der Waals surface area contributed by atoms with Crippen LogP contribution in [-0.4, -0.2) is 26.9 Å². The molecule has 1 heterocycles. The summed E-state index contributed by atoms with van der Waals surface area (Å²) in [5.41, 5.74) is 7.22. The Morgan fingerprint density at radius 2 is 2.05 bits per heavy atom. The zero-order chi connectivity index (χ0) is 15.6. The molecule has 1 aromatic heterocycles. The topological polar surface area (TPSA) is 72.6 Å². The third kappa shape index (κ3) is 3.20. The Morgan fingerprint density at radius 3 is 2.62 bits per heavy atom. The number of anilines is 1. The Hall–Kier alpha value is -1.57. The zero-order valence-electron chi connectivity index (χ0n) is 12.2. The molecule has 0 atom stereocenters. The summed E-state index contributed by atoms with van der Waals surface area (Å²) in [6.07, 6.45) is 0. The van der Waals surface area contributed by atoms with Gasteiger partial charge in [0.2, 0.25) is 10.0 Å². The highest BCUT2D eigenvalue weighted by atomic mass is 32.2. The van der Waals surface area contributed by atoms with Crippen LogP contribution in [0.5, 0.6) is 5.75 Å². The lowest BCUT2D eigenvalue weighted by Gasteiger charge is -2.19. The molecule has 2 N–H and O–H groups in total. The van der Waals surface area contributed by atoms with Gasteiger partial charge in [-0.25, -0.2) is 8.42 Å². The summed E-state index contributed by atoms with van der Waals surface area (Å²) in [4.78, 5) is 1.14. The largest absolute Gasteiger partial charge is 0.495 e. The minimum atomic E-state index is -3.63. The van der Waals surface area contributed by atoms with Crippen molar-refractivity contribution >= 4 is 27.0 Å². The van der Waals surface area contributed by atoms with E-state index in [0.29, 0.717) is 12.2 Å². The molecule has 0 fully saturated rings. The number of benzene rings is 1. The van der Waals surface area contributed by atoms with Crippen LogP contribution in [0.15, 0.2) is 34.5 Å². The van der Waals surface area contributed by atoms with E-state index in [1.807, 2.05) is 18.4 Å². The van der Waals surface area contributed by atoms with Crippen LogP contribution < -0.4 is 10.5 Å². The van der Waals surface area contributed by atoms with Crippen molar-refractivity contribution in [2.24, 2.45) is 0 Å². The molecule has 0 amide bonds. The summed E-state index contributed by atoms with van der Waals surface area (Å²) in [6.45, 7) is 2.30. The van der Waals surface area contributed by atoms with Gasteiger partial charge in [-0.3, -0.25) is 0 Å². The lowest BCUT2D eigenvalue weighted by atomic mass is 10.3. The van der Waals surface area contributed by atoms with Gasteiger partial charge in [-0.1, -0.05) is 0 Å². The van der Waals surface area contributed by atoms with E-state index < -0.39 is 10.0 Å². The highest BCUT2D eigenvalue weighted by molar-refractivity contribution is 7.89. The maximum atomic E-state index is 12.7. The third-order valence-electron chi connectivity index (χ3n) is 3.21.